The van der Waals surface area contributed by atoms with E-state index in [-0.39, 0.29) is 0 Å². The van der Waals surface area contributed by atoms with Crippen molar-refractivity contribution in [2.75, 3.05) is 23.8 Å². The summed E-state index contributed by atoms with van der Waals surface area (Å²) in [6.07, 6.45) is 1.17. The third-order valence-electron chi connectivity index (χ3n) is 3.46. The fourth-order valence-corrected chi connectivity index (χ4v) is 5.30. The fraction of sp³-hybridized carbons (Fsp3) is 0.600. The number of aryl methyl sites for hydroxylation is 1. The van der Waals surface area contributed by atoms with Gasteiger partial charge in [-0.3, -0.25) is 0 Å². The molecule has 2 rings (SSSR count). The van der Waals surface area contributed by atoms with Crippen LogP contribution in [0.25, 0.3) is 0 Å². The zero-order chi connectivity index (χ0) is 12.8. The Morgan fingerprint density at radius 2 is 2.17 bits per heavy atom. The molecule has 0 bridgehead atoms. The molecule has 1 fully saturated rings. The van der Waals surface area contributed by atoms with Crippen LogP contribution in [-0.4, -0.2) is 35.1 Å². The van der Waals surface area contributed by atoms with Crippen molar-refractivity contribution in [3.05, 3.63) is 35.4 Å². The van der Waals surface area contributed by atoms with E-state index >= 15 is 0 Å². The van der Waals surface area contributed by atoms with Gasteiger partial charge in [-0.2, -0.15) is 23.5 Å². The SMILES string of the molecule is CCNC(Cc1ccccc1C)C1CSCCS1. The summed E-state index contributed by atoms with van der Waals surface area (Å²) in [5.74, 6) is 3.93. The van der Waals surface area contributed by atoms with Crippen molar-refractivity contribution in [3.63, 3.8) is 0 Å². The van der Waals surface area contributed by atoms with Gasteiger partial charge in [-0.15, -0.1) is 0 Å². The Hall–Kier alpha value is -0.120. The lowest BCUT2D eigenvalue weighted by molar-refractivity contribution is 0.521. The van der Waals surface area contributed by atoms with E-state index in [1.165, 1.54) is 34.8 Å². The number of nitrogens with one attached hydrogen (secondary N) is 1. The topological polar surface area (TPSA) is 12.0 Å². The molecule has 0 radical (unpaired) electrons. The summed E-state index contributed by atoms with van der Waals surface area (Å²) in [6.45, 7) is 5.50. The zero-order valence-corrected chi connectivity index (χ0v) is 12.9. The molecular formula is C15H23NS2. The molecule has 3 heteroatoms. The summed E-state index contributed by atoms with van der Waals surface area (Å²) in [5.41, 5.74) is 2.92. The fourth-order valence-electron chi connectivity index (χ4n) is 2.41. The van der Waals surface area contributed by atoms with Gasteiger partial charge in [0, 0.05) is 28.6 Å². The molecule has 1 N–H and O–H groups in total. The number of thioether (sulfide) groups is 2. The molecule has 0 aromatic heterocycles. The van der Waals surface area contributed by atoms with E-state index in [1.807, 2.05) is 0 Å². The van der Waals surface area contributed by atoms with Crippen LogP contribution in [0.15, 0.2) is 24.3 Å². The normalized spacial score (nSPS) is 21.8. The Kier molecular flexibility index (Phi) is 5.93. The number of likely N-dealkylation sites (N-methyl/N-ethyl adjacent to an activating group) is 1. The predicted octanol–water partition coefficient (Wildman–Crippen LogP) is 3.36. The van der Waals surface area contributed by atoms with Crippen LogP contribution in [-0.2, 0) is 6.42 Å². The van der Waals surface area contributed by atoms with Gasteiger partial charge in [-0.05, 0) is 31.0 Å². The quantitative estimate of drug-likeness (QED) is 0.889. The molecule has 1 aliphatic rings. The lowest BCUT2D eigenvalue weighted by Gasteiger charge is -2.30. The first kappa shape index (κ1) is 14.3. The molecule has 0 amide bonds. The molecule has 0 saturated carbocycles. The Labute approximate surface area is 120 Å². The van der Waals surface area contributed by atoms with Crippen LogP contribution in [0.5, 0.6) is 0 Å². The third-order valence-corrected chi connectivity index (χ3v) is 6.38. The molecule has 1 saturated heterocycles. The van der Waals surface area contributed by atoms with E-state index < -0.39 is 0 Å². The van der Waals surface area contributed by atoms with Crippen LogP contribution in [0, 0.1) is 6.92 Å². The molecule has 1 heterocycles. The Morgan fingerprint density at radius 3 is 2.83 bits per heavy atom. The lowest BCUT2D eigenvalue weighted by Crippen LogP contribution is -2.42. The average Bonchev–Trinajstić information content (AvgIpc) is 2.42. The number of hydrogen-bond donors (Lipinski definition) is 1. The maximum absolute atomic E-state index is 3.69. The predicted molar refractivity (Wildman–Crippen MR) is 85.9 cm³/mol. The second-order valence-electron chi connectivity index (χ2n) is 4.78. The minimum Gasteiger partial charge on any atom is -0.313 e. The Balaban J connectivity index is 2.03. The molecule has 0 spiro atoms. The van der Waals surface area contributed by atoms with E-state index in [0.29, 0.717) is 6.04 Å². The van der Waals surface area contributed by atoms with Gasteiger partial charge < -0.3 is 5.32 Å². The van der Waals surface area contributed by atoms with Gasteiger partial charge in [-0.25, -0.2) is 0 Å². The summed E-state index contributed by atoms with van der Waals surface area (Å²) in [4.78, 5) is 0. The van der Waals surface area contributed by atoms with Crippen LogP contribution in [0.1, 0.15) is 18.1 Å². The molecular weight excluding hydrogens is 258 g/mol. The van der Waals surface area contributed by atoms with Gasteiger partial charge in [0.2, 0.25) is 0 Å². The van der Waals surface area contributed by atoms with Crippen molar-refractivity contribution >= 4 is 23.5 Å². The molecule has 1 aromatic rings. The summed E-state index contributed by atoms with van der Waals surface area (Å²) >= 11 is 4.26. The lowest BCUT2D eigenvalue weighted by atomic mass is 9.99. The van der Waals surface area contributed by atoms with Crippen molar-refractivity contribution < 1.29 is 0 Å². The number of benzene rings is 1. The summed E-state index contributed by atoms with van der Waals surface area (Å²) in [6, 6.07) is 9.41. The molecule has 1 aromatic carbocycles. The highest BCUT2D eigenvalue weighted by atomic mass is 32.2. The highest BCUT2D eigenvalue weighted by molar-refractivity contribution is 8.06. The van der Waals surface area contributed by atoms with Crippen molar-refractivity contribution in [1.82, 2.24) is 5.32 Å². The first-order chi connectivity index (χ1) is 8.81. The maximum atomic E-state index is 3.69. The summed E-state index contributed by atoms with van der Waals surface area (Å²) in [7, 11) is 0. The van der Waals surface area contributed by atoms with Crippen LogP contribution >= 0.6 is 23.5 Å². The molecule has 2 atom stereocenters. The Morgan fingerprint density at radius 1 is 1.33 bits per heavy atom. The van der Waals surface area contributed by atoms with Crippen molar-refractivity contribution in [2.45, 2.75) is 31.6 Å². The largest absolute Gasteiger partial charge is 0.313 e. The molecule has 1 aliphatic heterocycles. The van der Waals surface area contributed by atoms with E-state index in [9.17, 15) is 0 Å². The van der Waals surface area contributed by atoms with E-state index in [1.54, 1.807) is 0 Å². The average molecular weight is 281 g/mol. The van der Waals surface area contributed by atoms with Gasteiger partial charge >= 0.3 is 0 Å². The van der Waals surface area contributed by atoms with Crippen molar-refractivity contribution in [2.24, 2.45) is 0 Å². The van der Waals surface area contributed by atoms with Crippen LogP contribution in [0.4, 0.5) is 0 Å². The summed E-state index contributed by atoms with van der Waals surface area (Å²) < 4.78 is 0. The Bertz CT molecular complexity index is 361. The second kappa shape index (κ2) is 7.46. The minimum atomic E-state index is 0.619. The number of hydrogen-bond acceptors (Lipinski definition) is 3. The molecule has 18 heavy (non-hydrogen) atoms. The van der Waals surface area contributed by atoms with Crippen LogP contribution in [0.2, 0.25) is 0 Å². The molecule has 1 nitrogen and oxygen atoms in total. The van der Waals surface area contributed by atoms with Gasteiger partial charge in [0.1, 0.15) is 0 Å². The van der Waals surface area contributed by atoms with E-state index in [2.05, 4.69) is 67.0 Å². The van der Waals surface area contributed by atoms with Gasteiger partial charge in [-0.1, -0.05) is 31.2 Å². The second-order valence-corrected chi connectivity index (χ2v) is 7.28. The van der Waals surface area contributed by atoms with Crippen molar-refractivity contribution in [1.29, 1.82) is 0 Å². The zero-order valence-electron chi connectivity index (χ0n) is 11.3. The van der Waals surface area contributed by atoms with E-state index in [0.717, 1.165) is 11.8 Å². The molecule has 0 aliphatic carbocycles. The smallest absolute Gasteiger partial charge is 0.0295 e. The monoisotopic (exact) mass is 281 g/mol. The van der Waals surface area contributed by atoms with Crippen LogP contribution in [0.3, 0.4) is 0 Å². The van der Waals surface area contributed by atoms with E-state index in [4.69, 9.17) is 0 Å². The van der Waals surface area contributed by atoms with Gasteiger partial charge in [0.25, 0.3) is 0 Å². The highest BCUT2D eigenvalue weighted by Crippen LogP contribution is 2.28. The summed E-state index contributed by atoms with van der Waals surface area (Å²) in [5, 5.41) is 4.46. The first-order valence-corrected chi connectivity index (χ1v) is 8.99. The van der Waals surface area contributed by atoms with Crippen molar-refractivity contribution in [3.8, 4) is 0 Å². The molecule has 100 valence electrons. The third kappa shape index (κ3) is 3.94. The maximum Gasteiger partial charge on any atom is 0.0295 e. The standard InChI is InChI=1S/C15H23NS2/c1-3-16-14(15-11-17-8-9-18-15)10-13-7-5-4-6-12(13)2/h4-7,14-16H,3,8-11H2,1-2H3. The minimum absolute atomic E-state index is 0.619. The number of rotatable bonds is 5. The highest BCUT2D eigenvalue weighted by Gasteiger charge is 2.24. The molecule has 2 unspecified atom stereocenters. The van der Waals surface area contributed by atoms with Gasteiger partial charge in [0.15, 0.2) is 0 Å². The van der Waals surface area contributed by atoms with Gasteiger partial charge in [0.05, 0.1) is 0 Å². The van der Waals surface area contributed by atoms with Crippen LogP contribution < -0.4 is 5.32 Å². The first-order valence-electron chi connectivity index (χ1n) is 6.78.